The summed E-state index contributed by atoms with van der Waals surface area (Å²) < 4.78 is 5.93. The number of benzene rings is 1. The van der Waals surface area contributed by atoms with Gasteiger partial charge in [-0.2, -0.15) is 0 Å². The fourth-order valence-corrected chi connectivity index (χ4v) is 2.30. The third-order valence-corrected chi connectivity index (χ3v) is 3.40. The number of methoxy groups -OCH3 is 1. The molecular weight excluding hydrogens is 296 g/mol. The Labute approximate surface area is 123 Å². The molecule has 3 rings (SSSR count). The Morgan fingerprint density at radius 3 is 2.90 bits per heavy atom. The maximum atomic E-state index is 12.3. The summed E-state index contributed by atoms with van der Waals surface area (Å²) in [5.74, 6) is 0. The number of hydrogen-bond acceptors (Lipinski definition) is 5. The van der Waals surface area contributed by atoms with Crippen LogP contribution < -0.4 is 11.2 Å². The number of aromatic amines is 1. The molecule has 3 aromatic rings. The first-order valence-corrected chi connectivity index (χ1v) is 6.57. The normalized spacial score (nSPS) is 11.3. The molecule has 2 aromatic heterocycles. The number of rotatable bonds is 3. The largest absolute Gasteiger partial charge is 0.383 e. The van der Waals surface area contributed by atoms with Crippen molar-refractivity contribution in [1.82, 2.24) is 19.7 Å². The number of nitrogens with zero attached hydrogens (tertiary/aromatic N) is 3. The number of aromatic nitrogens is 4. The predicted molar refractivity (Wildman–Crippen MR) is 78.8 cm³/mol. The van der Waals surface area contributed by atoms with E-state index < -0.39 is 11.2 Å². The number of nitrogens with one attached hydrogen (secondary N) is 1. The molecule has 108 valence electrons. The smallest absolute Gasteiger partial charge is 0.329 e. The molecule has 0 bridgehead atoms. The van der Waals surface area contributed by atoms with Gasteiger partial charge in [0.1, 0.15) is 0 Å². The van der Waals surface area contributed by atoms with Crippen LogP contribution in [0.2, 0.25) is 5.02 Å². The van der Waals surface area contributed by atoms with Gasteiger partial charge in [0.25, 0.3) is 5.56 Å². The molecule has 1 aromatic carbocycles. The van der Waals surface area contributed by atoms with E-state index in [0.717, 1.165) is 4.57 Å². The van der Waals surface area contributed by atoms with Crippen LogP contribution in [0.4, 0.5) is 0 Å². The van der Waals surface area contributed by atoms with Crippen LogP contribution in [0.25, 0.3) is 21.9 Å². The van der Waals surface area contributed by atoms with Gasteiger partial charge in [0, 0.05) is 17.5 Å². The van der Waals surface area contributed by atoms with Crippen LogP contribution in [0.15, 0.2) is 27.8 Å². The van der Waals surface area contributed by atoms with Gasteiger partial charge < -0.3 is 9.72 Å². The molecule has 0 spiro atoms. The zero-order valence-corrected chi connectivity index (χ0v) is 11.8. The summed E-state index contributed by atoms with van der Waals surface area (Å²) in [6.07, 6.45) is 0. The topological polar surface area (TPSA) is 89.9 Å². The molecule has 1 N–H and O–H groups in total. The van der Waals surface area contributed by atoms with Crippen molar-refractivity contribution in [3.8, 4) is 0 Å². The highest BCUT2D eigenvalue weighted by Crippen LogP contribution is 2.20. The van der Waals surface area contributed by atoms with Crippen molar-refractivity contribution < 1.29 is 4.74 Å². The SMILES string of the molecule is COCCn1c(=O)[nH]c2c(nnc3cc(Cl)ccc32)c1=O. The molecule has 21 heavy (non-hydrogen) atoms. The van der Waals surface area contributed by atoms with Gasteiger partial charge in [-0.3, -0.25) is 9.36 Å². The van der Waals surface area contributed by atoms with E-state index in [0.29, 0.717) is 21.4 Å². The van der Waals surface area contributed by atoms with Crippen molar-refractivity contribution in [2.75, 3.05) is 13.7 Å². The van der Waals surface area contributed by atoms with E-state index in [1.807, 2.05) is 0 Å². The standard InChI is InChI=1S/C13H11ClN4O3/c1-21-5-4-18-12(19)11-10(15-13(18)20)8-3-2-7(14)6-9(8)16-17-11/h2-3,6H,4-5H2,1H3,(H,15,20). The summed E-state index contributed by atoms with van der Waals surface area (Å²) in [6.45, 7) is 0.409. The van der Waals surface area contributed by atoms with E-state index in [9.17, 15) is 9.59 Å². The van der Waals surface area contributed by atoms with Gasteiger partial charge >= 0.3 is 5.69 Å². The van der Waals surface area contributed by atoms with Crippen LogP contribution in [-0.4, -0.2) is 33.5 Å². The summed E-state index contributed by atoms with van der Waals surface area (Å²) in [5, 5.41) is 9.02. The van der Waals surface area contributed by atoms with E-state index in [2.05, 4.69) is 15.2 Å². The van der Waals surface area contributed by atoms with Crippen LogP contribution >= 0.6 is 11.6 Å². The highest BCUT2D eigenvalue weighted by molar-refractivity contribution is 6.31. The van der Waals surface area contributed by atoms with Crippen molar-refractivity contribution in [3.05, 3.63) is 44.1 Å². The highest BCUT2D eigenvalue weighted by atomic mass is 35.5. The summed E-state index contributed by atoms with van der Waals surface area (Å²) in [4.78, 5) is 27.0. The van der Waals surface area contributed by atoms with Crippen molar-refractivity contribution in [2.45, 2.75) is 6.54 Å². The lowest BCUT2D eigenvalue weighted by Crippen LogP contribution is -2.36. The monoisotopic (exact) mass is 306 g/mol. The van der Waals surface area contributed by atoms with Gasteiger partial charge in [-0.1, -0.05) is 11.6 Å². The maximum Gasteiger partial charge on any atom is 0.329 e. The van der Waals surface area contributed by atoms with Crippen LogP contribution in [-0.2, 0) is 11.3 Å². The molecule has 0 radical (unpaired) electrons. The minimum absolute atomic E-state index is 0.112. The van der Waals surface area contributed by atoms with Gasteiger partial charge in [0.05, 0.1) is 24.2 Å². The van der Waals surface area contributed by atoms with Gasteiger partial charge in [0.2, 0.25) is 0 Å². The first kappa shape index (κ1) is 13.7. The van der Waals surface area contributed by atoms with Crippen LogP contribution in [0.3, 0.4) is 0 Å². The third kappa shape index (κ3) is 2.30. The van der Waals surface area contributed by atoms with Crippen LogP contribution in [0.1, 0.15) is 0 Å². The Kier molecular flexibility index (Phi) is 3.44. The van der Waals surface area contributed by atoms with Gasteiger partial charge in [-0.25, -0.2) is 4.79 Å². The van der Waals surface area contributed by atoms with Crippen LogP contribution in [0.5, 0.6) is 0 Å². The van der Waals surface area contributed by atoms with E-state index in [4.69, 9.17) is 16.3 Å². The minimum atomic E-state index is -0.506. The van der Waals surface area contributed by atoms with Crippen molar-refractivity contribution in [2.24, 2.45) is 0 Å². The zero-order chi connectivity index (χ0) is 15.0. The van der Waals surface area contributed by atoms with E-state index in [1.165, 1.54) is 7.11 Å². The maximum absolute atomic E-state index is 12.3. The van der Waals surface area contributed by atoms with Gasteiger partial charge in [0.15, 0.2) is 5.52 Å². The Balaban J connectivity index is 2.36. The lowest BCUT2D eigenvalue weighted by molar-refractivity contribution is 0.185. The zero-order valence-electron chi connectivity index (χ0n) is 11.1. The van der Waals surface area contributed by atoms with Crippen molar-refractivity contribution in [1.29, 1.82) is 0 Å². The Bertz CT molecular complexity index is 948. The Morgan fingerprint density at radius 1 is 1.33 bits per heavy atom. The van der Waals surface area contributed by atoms with E-state index in [-0.39, 0.29) is 18.7 Å². The Morgan fingerprint density at radius 2 is 2.14 bits per heavy atom. The molecule has 0 saturated heterocycles. The molecule has 0 aliphatic heterocycles. The summed E-state index contributed by atoms with van der Waals surface area (Å²) in [6, 6.07) is 4.99. The molecule has 0 aliphatic carbocycles. The lowest BCUT2D eigenvalue weighted by Gasteiger charge is -2.06. The summed E-state index contributed by atoms with van der Waals surface area (Å²) in [5.41, 5.74) is -0.00972. The molecule has 0 aliphatic rings. The molecule has 0 fully saturated rings. The molecule has 0 unspecified atom stereocenters. The second kappa shape index (κ2) is 5.27. The fraction of sp³-hybridized carbons (Fsp3) is 0.231. The quantitative estimate of drug-likeness (QED) is 0.727. The second-order valence-electron chi connectivity index (χ2n) is 4.46. The summed E-state index contributed by atoms with van der Waals surface area (Å²) >= 11 is 5.90. The lowest BCUT2D eigenvalue weighted by atomic mass is 10.2. The average Bonchev–Trinajstić information content (AvgIpc) is 2.46. The summed E-state index contributed by atoms with van der Waals surface area (Å²) in [7, 11) is 1.50. The second-order valence-corrected chi connectivity index (χ2v) is 4.90. The van der Waals surface area contributed by atoms with E-state index in [1.54, 1.807) is 18.2 Å². The highest BCUT2D eigenvalue weighted by Gasteiger charge is 2.12. The van der Waals surface area contributed by atoms with Gasteiger partial charge in [-0.15, -0.1) is 10.2 Å². The van der Waals surface area contributed by atoms with E-state index >= 15 is 0 Å². The molecule has 2 heterocycles. The van der Waals surface area contributed by atoms with Crippen LogP contribution in [0, 0.1) is 0 Å². The average molecular weight is 307 g/mol. The third-order valence-electron chi connectivity index (χ3n) is 3.17. The minimum Gasteiger partial charge on any atom is -0.383 e. The molecule has 0 saturated carbocycles. The number of halogens is 1. The number of fused-ring (bicyclic) bond motifs is 3. The fourth-order valence-electron chi connectivity index (χ4n) is 2.14. The van der Waals surface area contributed by atoms with Crippen molar-refractivity contribution in [3.63, 3.8) is 0 Å². The first-order chi connectivity index (χ1) is 10.1. The molecule has 8 heteroatoms. The Hall–Kier alpha value is -2.25. The predicted octanol–water partition coefficient (Wildman–Crippen LogP) is 0.933. The first-order valence-electron chi connectivity index (χ1n) is 6.19. The van der Waals surface area contributed by atoms with Crippen molar-refractivity contribution >= 4 is 33.5 Å². The van der Waals surface area contributed by atoms with Gasteiger partial charge in [-0.05, 0) is 18.2 Å². The molecule has 7 nitrogen and oxygen atoms in total. The molecular formula is C13H11ClN4O3. The number of hydrogen-bond donors (Lipinski definition) is 1. The molecule has 0 atom stereocenters. The number of H-pyrrole nitrogens is 1. The number of ether oxygens (including phenoxy) is 1. The molecule has 0 amide bonds.